The second-order valence-corrected chi connectivity index (χ2v) is 6.82. The third kappa shape index (κ3) is 4.39. The summed E-state index contributed by atoms with van der Waals surface area (Å²) in [6, 6.07) is 10.3. The van der Waals surface area contributed by atoms with Crippen LogP contribution in [0.15, 0.2) is 59.2 Å². The van der Waals surface area contributed by atoms with Crippen molar-refractivity contribution in [2.75, 3.05) is 6.61 Å². The van der Waals surface area contributed by atoms with Gasteiger partial charge in [-0.05, 0) is 37.1 Å². The molecule has 0 aromatic heterocycles. The molecule has 1 aliphatic rings. The summed E-state index contributed by atoms with van der Waals surface area (Å²) >= 11 is 0. The fraction of sp³-hybridized carbons (Fsp3) is 0.217. The van der Waals surface area contributed by atoms with Gasteiger partial charge in [0.15, 0.2) is 17.4 Å². The Morgan fingerprint density at radius 2 is 1.84 bits per heavy atom. The van der Waals surface area contributed by atoms with Crippen molar-refractivity contribution in [3.8, 4) is 11.8 Å². The van der Waals surface area contributed by atoms with E-state index in [9.17, 15) is 23.2 Å². The number of hydrogen-bond acceptors (Lipinski definition) is 6. The van der Waals surface area contributed by atoms with E-state index in [2.05, 4.69) is 0 Å². The largest absolute Gasteiger partial charge is 0.486 e. The van der Waals surface area contributed by atoms with Crippen LogP contribution in [0.1, 0.15) is 30.9 Å². The van der Waals surface area contributed by atoms with Crippen LogP contribution < -0.4 is 10.5 Å². The zero-order valence-corrected chi connectivity index (χ0v) is 17.2. The minimum Gasteiger partial charge on any atom is -0.486 e. The zero-order valence-electron chi connectivity index (χ0n) is 17.2. The van der Waals surface area contributed by atoms with Gasteiger partial charge in [-0.3, -0.25) is 0 Å². The van der Waals surface area contributed by atoms with Crippen molar-refractivity contribution in [3.63, 3.8) is 0 Å². The van der Waals surface area contributed by atoms with Crippen LogP contribution in [0, 0.1) is 28.8 Å². The Bertz CT molecular complexity index is 1150. The van der Waals surface area contributed by atoms with E-state index < -0.39 is 35.1 Å². The molecular weight excluding hydrogens is 425 g/mol. The number of rotatable bonds is 6. The van der Waals surface area contributed by atoms with Gasteiger partial charge in [-0.2, -0.15) is 9.65 Å². The normalized spacial score (nSPS) is 15.8. The molecule has 0 fully saturated rings. The van der Waals surface area contributed by atoms with Gasteiger partial charge in [0.2, 0.25) is 11.7 Å². The number of allylic oxidation sites excluding steroid dienone is 2. The lowest BCUT2D eigenvalue weighted by molar-refractivity contribution is -0.139. The second-order valence-electron chi connectivity index (χ2n) is 6.82. The summed E-state index contributed by atoms with van der Waals surface area (Å²) in [4.78, 5) is 12.5. The molecule has 0 saturated carbocycles. The third-order valence-electron chi connectivity index (χ3n) is 4.81. The van der Waals surface area contributed by atoms with E-state index in [0.29, 0.717) is 11.1 Å². The van der Waals surface area contributed by atoms with Crippen LogP contribution in [0.5, 0.6) is 5.75 Å². The minimum absolute atomic E-state index is 0.0616. The van der Waals surface area contributed by atoms with E-state index in [1.807, 2.05) is 6.07 Å². The second kappa shape index (κ2) is 9.47. The van der Waals surface area contributed by atoms with Crippen molar-refractivity contribution in [3.05, 3.63) is 87.8 Å². The first-order chi connectivity index (χ1) is 15.3. The lowest BCUT2D eigenvalue weighted by Crippen LogP contribution is -2.25. The molecule has 166 valence electrons. The van der Waals surface area contributed by atoms with Gasteiger partial charge in [-0.1, -0.05) is 24.3 Å². The van der Waals surface area contributed by atoms with Crippen molar-refractivity contribution in [2.24, 2.45) is 5.73 Å². The number of benzene rings is 2. The number of ether oxygens (including phenoxy) is 3. The lowest BCUT2D eigenvalue weighted by Gasteiger charge is -2.27. The van der Waals surface area contributed by atoms with Crippen molar-refractivity contribution < 1.29 is 32.2 Å². The Morgan fingerprint density at radius 1 is 1.16 bits per heavy atom. The van der Waals surface area contributed by atoms with Crippen molar-refractivity contribution >= 4 is 5.97 Å². The molecule has 2 aromatic rings. The van der Waals surface area contributed by atoms with Crippen molar-refractivity contribution in [1.82, 2.24) is 0 Å². The van der Waals surface area contributed by atoms with Crippen LogP contribution in [0.2, 0.25) is 0 Å². The summed E-state index contributed by atoms with van der Waals surface area (Å²) in [5.74, 6) is -6.07. The number of halogens is 3. The molecule has 3 rings (SSSR count). The van der Waals surface area contributed by atoms with Gasteiger partial charge in [0.25, 0.3) is 0 Å². The molecular formula is C23H19F3N2O4. The number of nitrogens with two attached hydrogens (primary N) is 1. The van der Waals surface area contributed by atoms with Crippen LogP contribution in [-0.4, -0.2) is 12.6 Å². The molecule has 0 radical (unpaired) electrons. The lowest BCUT2D eigenvalue weighted by atomic mass is 9.83. The molecule has 6 nitrogen and oxygen atoms in total. The highest BCUT2D eigenvalue weighted by Gasteiger charge is 2.36. The topological polar surface area (TPSA) is 94.6 Å². The quantitative estimate of drug-likeness (QED) is 0.527. The number of hydrogen-bond donors (Lipinski definition) is 1. The minimum atomic E-state index is -1.61. The fourth-order valence-electron chi connectivity index (χ4n) is 3.28. The zero-order chi connectivity index (χ0) is 23.4. The van der Waals surface area contributed by atoms with Crippen molar-refractivity contribution in [2.45, 2.75) is 26.4 Å². The van der Waals surface area contributed by atoms with E-state index in [0.717, 1.165) is 12.1 Å². The van der Waals surface area contributed by atoms with Gasteiger partial charge in [0, 0.05) is 0 Å². The Balaban J connectivity index is 1.87. The maximum absolute atomic E-state index is 13.8. The van der Waals surface area contributed by atoms with Gasteiger partial charge < -0.3 is 19.9 Å². The van der Waals surface area contributed by atoms with E-state index in [4.69, 9.17) is 19.9 Å². The van der Waals surface area contributed by atoms with Crippen LogP contribution in [0.25, 0.3) is 0 Å². The molecule has 0 aliphatic carbocycles. The van der Waals surface area contributed by atoms with E-state index in [1.165, 1.54) is 0 Å². The van der Waals surface area contributed by atoms with Gasteiger partial charge in [-0.25, -0.2) is 13.6 Å². The molecule has 0 spiro atoms. The smallest absolute Gasteiger partial charge is 0.338 e. The Labute approximate surface area is 182 Å². The van der Waals surface area contributed by atoms with Crippen LogP contribution in [-0.2, 0) is 20.9 Å². The molecule has 0 amide bonds. The van der Waals surface area contributed by atoms with Gasteiger partial charge in [0.1, 0.15) is 24.0 Å². The summed E-state index contributed by atoms with van der Waals surface area (Å²) in [6.45, 7) is 3.23. The van der Waals surface area contributed by atoms with Crippen LogP contribution in [0.4, 0.5) is 13.2 Å². The first kappa shape index (κ1) is 22.7. The molecule has 2 N–H and O–H groups in total. The average Bonchev–Trinajstić information content (AvgIpc) is 2.77. The number of esters is 1. The molecule has 0 bridgehead atoms. The molecule has 1 atom stereocenters. The van der Waals surface area contributed by atoms with E-state index in [1.54, 1.807) is 38.1 Å². The maximum atomic E-state index is 13.8. The SMILES string of the molecule is CCOC(=O)C1=C(C)OC(N)=C(C#N)C1c1ccc(COc2ccc(F)c(F)c2F)cc1. The van der Waals surface area contributed by atoms with Gasteiger partial charge >= 0.3 is 5.97 Å². The van der Waals surface area contributed by atoms with Crippen molar-refractivity contribution in [1.29, 1.82) is 5.26 Å². The van der Waals surface area contributed by atoms with Gasteiger partial charge in [0.05, 0.1) is 18.1 Å². The van der Waals surface area contributed by atoms with E-state index >= 15 is 0 Å². The standard InChI is InChI=1S/C23H19F3N2O4/c1-3-30-23(29)18-12(2)32-22(28)15(10-27)19(18)14-6-4-13(5-7-14)11-31-17-9-8-16(24)20(25)21(17)26/h4-9,19H,3,11,28H2,1-2H3. The third-order valence-corrected chi connectivity index (χ3v) is 4.81. The molecule has 2 aromatic carbocycles. The summed E-state index contributed by atoms with van der Waals surface area (Å²) in [6.07, 6.45) is 0. The highest BCUT2D eigenvalue weighted by atomic mass is 19.2. The molecule has 9 heteroatoms. The Morgan fingerprint density at radius 3 is 2.47 bits per heavy atom. The number of nitrogens with zero attached hydrogens (tertiary/aromatic N) is 1. The molecule has 0 saturated heterocycles. The Kier molecular flexibility index (Phi) is 6.73. The monoisotopic (exact) mass is 444 g/mol. The highest BCUT2D eigenvalue weighted by molar-refractivity contribution is 5.92. The number of carbonyl (C=O) groups excluding carboxylic acids is 1. The molecule has 1 aliphatic heterocycles. The number of carbonyl (C=O) groups is 1. The predicted octanol–water partition coefficient (Wildman–Crippen LogP) is 4.33. The summed E-state index contributed by atoms with van der Waals surface area (Å²) in [7, 11) is 0. The van der Waals surface area contributed by atoms with Crippen LogP contribution in [0.3, 0.4) is 0 Å². The Hall–Kier alpha value is -3.93. The van der Waals surface area contributed by atoms with E-state index in [-0.39, 0.29) is 36.0 Å². The maximum Gasteiger partial charge on any atom is 0.338 e. The average molecular weight is 444 g/mol. The fourth-order valence-corrected chi connectivity index (χ4v) is 3.28. The van der Waals surface area contributed by atoms with Gasteiger partial charge in [-0.15, -0.1) is 0 Å². The summed E-state index contributed by atoms with van der Waals surface area (Å²) in [5.41, 5.74) is 7.23. The summed E-state index contributed by atoms with van der Waals surface area (Å²) in [5, 5.41) is 9.59. The van der Waals surface area contributed by atoms with Crippen LogP contribution >= 0.6 is 0 Å². The first-order valence-corrected chi connectivity index (χ1v) is 9.59. The molecule has 32 heavy (non-hydrogen) atoms. The predicted molar refractivity (Wildman–Crippen MR) is 107 cm³/mol. The first-order valence-electron chi connectivity index (χ1n) is 9.59. The highest BCUT2D eigenvalue weighted by Crippen LogP contribution is 2.39. The molecule has 1 heterocycles. The summed E-state index contributed by atoms with van der Waals surface area (Å²) < 4.78 is 55.9. The number of nitriles is 1. The molecule has 1 unspecified atom stereocenters.